The number of nitrogens with one attached hydrogen (secondary N) is 1. The zero-order chi connectivity index (χ0) is 5.45. The smallest absolute Gasteiger partial charge is 0.104 e. The molecule has 2 saturated heterocycles. The van der Waals surface area contributed by atoms with Crippen molar-refractivity contribution in [2.75, 3.05) is 19.7 Å². The zero-order valence-electron chi connectivity index (χ0n) is 4.94. The fourth-order valence-electron chi connectivity index (χ4n) is 1.29. The van der Waals surface area contributed by atoms with E-state index in [9.17, 15) is 0 Å². The van der Waals surface area contributed by atoms with Crippen molar-refractivity contribution in [2.45, 2.75) is 18.4 Å². The predicted molar refractivity (Wildman–Crippen MR) is 30.8 cm³/mol. The Morgan fingerprint density at radius 2 is 2.38 bits per heavy atom. The summed E-state index contributed by atoms with van der Waals surface area (Å²) in [7, 11) is 0. The maximum atomic E-state index is 5.27. The molecule has 0 bridgehead atoms. The molecule has 0 radical (unpaired) electrons. The van der Waals surface area contributed by atoms with E-state index in [1.165, 1.54) is 19.4 Å². The third-order valence-electron chi connectivity index (χ3n) is 1.99. The van der Waals surface area contributed by atoms with E-state index in [1.807, 2.05) is 0 Å². The lowest BCUT2D eigenvalue weighted by Gasteiger charge is -2.17. The highest BCUT2D eigenvalue weighted by Crippen LogP contribution is 2.32. The molecule has 2 fully saturated rings. The summed E-state index contributed by atoms with van der Waals surface area (Å²) in [5, 5.41) is 3.31. The van der Waals surface area contributed by atoms with Crippen molar-refractivity contribution in [1.82, 2.24) is 5.32 Å². The Morgan fingerprint density at radius 1 is 1.50 bits per heavy atom. The SMILES string of the molecule is C1CNCC2(C1)CO2. The van der Waals surface area contributed by atoms with Gasteiger partial charge in [-0.1, -0.05) is 0 Å². The van der Waals surface area contributed by atoms with Crippen molar-refractivity contribution in [2.24, 2.45) is 0 Å². The van der Waals surface area contributed by atoms with Gasteiger partial charge in [0, 0.05) is 6.54 Å². The lowest BCUT2D eigenvalue weighted by atomic mass is 10.0. The van der Waals surface area contributed by atoms with E-state index in [4.69, 9.17) is 4.74 Å². The van der Waals surface area contributed by atoms with Gasteiger partial charge in [-0.3, -0.25) is 0 Å². The molecule has 2 aliphatic rings. The molecule has 0 aromatic heterocycles. The molecule has 0 aromatic rings. The first-order valence-corrected chi connectivity index (χ1v) is 3.26. The molecule has 2 heteroatoms. The van der Waals surface area contributed by atoms with Gasteiger partial charge in [0.2, 0.25) is 0 Å². The van der Waals surface area contributed by atoms with Crippen LogP contribution in [-0.2, 0) is 4.74 Å². The van der Waals surface area contributed by atoms with Crippen LogP contribution in [0.5, 0.6) is 0 Å². The van der Waals surface area contributed by atoms with Gasteiger partial charge in [0.1, 0.15) is 5.60 Å². The van der Waals surface area contributed by atoms with Gasteiger partial charge in [-0.25, -0.2) is 0 Å². The predicted octanol–water partition coefficient (Wildman–Crippen LogP) is 0.139. The zero-order valence-corrected chi connectivity index (χ0v) is 4.94. The molecule has 1 spiro atoms. The maximum Gasteiger partial charge on any atom is 0.104 e. The number of epoxide rings is 1. The number of piperidine rings is 1. The van der Waals surface area contributed by atoms with Crippen LogP contribution in [0.4, 0.5) is 0 Å². The molecule has 2 nitrogen and oxygen atoms in total. The second-order valence-electron chi connectivity index (χ2n) is 2.75. The Balaban J connectivity index is 1.95. The topological polar surface area (TPSA) is 24.6 Å². The van der Waals surface area contributed by atoms with Gasteiger partial charge in [0.25, 0.3) is 0 Å². The summed E-state index contributed by atoms with van der Waals surface area (Å²) in [4.78, 5) is 0. The summed E-state index contributed by atoms with van der Waals surface area (Å²) in [6.07, 6.45) is 2.57. The normalized spacial score (nSPS) is 45.0. The first kappa shape index (κ1) is 4.77. The van der Waals surface area contributed by atoms with E-state index in [2.05, 4.69) is 5.32 Å². The third-order valence-corrected chi connectivity index (χ3v) is 1.99. The molecule has 1 atom stereocenters. The van der Waals surface area contributed by atoms with Crippen LogP contribution in [0.3, 0.4) is 0 Å². The lowest BCUT2D eigenvalue weighted by molar-refractivity contribution is 0.250. The molecule has 0 amide bonds. The van der Waals surface area contributed by atoms with Crippen molar-refractivity contribution < 1.29 is 4.74 Å². The van der Waals surface area contributed by atoms with Crippen LogP contribution in [-0.4, -0.2) is 25.3 Å². The van der Waals surface area contributed by atoms with Crippen LogP contribution in [0, 0.1) is 0 Å². The van der Waals surface area contributed by atoms with Crippen molar-refractivity contribution in [1.29, 1.82) is 0 Å². The summed E-state index contributed by atoms with van der Waals surface area (Å²) in [5.74, 6) is 0. The monoisotopic (exact) mass is 113 g/mol. The van der Waals surface area contributed by atoms with Crippen molar-refractivity contribution in [3.63, 3.8) is 0 Å². The molecular formula is C6H11NO. The molecule has 8 heavy (non-hydrogen) atoms. The minimum Gasteiger partial charge on any atom is -0.368 e. The Bertz CT molecular complexity index is 90.7. The van der Waals surface area contributed by atoms with E-state index < -0.39 is 0 Å². The minimum atomic E-state index is 0.318. The fraction of sp³-hybridized carbons (Fsp3) is 1.00. The van der Waals surface area contributed by atoms with Crippen molar-refractivity contribution >= 4 is 0 Å². The third kappa shape index (κ3) is 0.644. The molecular weight excluding hydrogens is 102 g/mol. The second-order valence-corrected chi connectivity index (χ2v) is 2.75. The first-order valence-electron chi connectivity index (χ1n) is 3.26. The molecule has 0 saturated carbocycles. The summed E-state index contributed by atoms with van der Waals surface area (Å²) in [6, 6.07) is 0. The van der Waals surface area contributed by atoms with E-state index in [-0.39, 0.29) is 0 Å². The van der Waals surface area contributed by atoms with Gasteiger partial charge in [-0.15, -0.1) is 0 Å². The highest BCUT2D eigenvalue weighted by molar-refractivity contribution is 4.96. The van der Waals surface area contributed by atoms with E-state index in [0.717, 1.165) is 13.2 Å². The van der Waals surface area contributed by atoms with E-state index >= 15 is 0 Å². The minimum absolute atomic E-state index is 0.318. The molecule has 2 aliphatic heterocycles. The molecule has 1 N–H and O–H groups in total. The largest absolute Gasteiger partial charge is 0.368 e. The highest BCUT2D eigenvalue weighted by atomic mass is 16.6. The van der Waals surface area contributed by atoms with Crippen LogP contribution < -0.4 is 5.32 Å². The summed E-state index contributed by atoms with van der Waals surface area (Å²) in [5.41, 5.74) is 0.318. The van der Waals surface area contributed by atoms with Gasteiger partial charge >= 0.3 is 0 Å². The Hall–Kier alpha value is -0.0800. The number of hydrogen-bond donors (Lipinski definition) is 1. The van der Waals surface area contributed by atoms with Crippen LogP contribution in [0.1, 0.15) is 12.8 Å². The number of rotatable bonds is 0. The molecule has 2 rings (SSSR count). The Morgan fingerprint density at radius 3 is 2.75 bits per heavy atom. The van der Waals surface area contributed by atoms with Crippen molar-refractivity contribution in [3.8, 4) is 0 Å². The standard InChI is InChI=1S/C6H11NO/c1-2-6(5-8-6)4-7-3-1/h7H,1-5H2. The van der Waals surface area contributed by atoms with Crippen LogP contribution >= 0.6 is 0 Å². The molecule has 0 aliphatic carbocycles. The molecule has 1 unspecified atom stereocenters. The lowest BCUT2D eigenvalue weighted by Crippen LogP contribution is -2.36. The Kier molecular flexibility index (Phi) is 0.866. The summed E-state index contributed by atoms with van der Waals surface area (Å²) in [6.45, 7) is 3.28. The van der Waals surface area contributed by atoms with Gasteiger partial charge in [-0.05, 0) is 19.4 Å². The first-order chi connectivity index (χ1) is 3.91. The summed E-state index contributed by atoms with van der Waals surface area (Å²) >= 11 is 0. The maximum absolute atomic E-state index is 5.27. The number of ether oxygens (including phenoxy) is 1. The van der Waals surface area contributed by atoms with Gasteiger partial charge < -0.3 is 10.1 Å². The second kappa shape index (κ2) is 1.45. The summed E-state index contributed by atoms with van der Waals surface area (Å²) < 4.78 is 5.27. The van der Waals surface area contributed by atoms with Crippen LogP contribution in [0.2, 0.25) is 0 Å². The number of hydrogen-bond acceptors (Lipinski definition) is 2. The molecule has 0 aromatic carbocycles. The average Bonchev–Trinajstić information content (AvgIpc) is 2.52. The van der Waals surface area contributed by atoms with Gasteiger partial charge in [0.15, 0.2) is 0 Å². The highest BCUT2D eigenvalue weighted by Gasteiger charge is 2.44. The van der Waals surface area contributed by atoms with Crippen LogP contribution in [0.15, 0.2) is 0 Å². The van der Waals surface area contributed by atoms with E-state index in [1.54, 1.807) is 0 Å². The molecule has 2 heterocycles. The van der Waals surface area contributed by atoms with Crippen LogP contribution in [0.25, 0.3) is 0 Å². The Labute approximate surface area is 49.2 Å². The molecule has 46 valence electrons. The van der Waals surface area contributed by atoms with E-state index in [0.29, 0.717) is 5.60 Å². The average molecular weight is 113 g/mol. The fourth-order valence-corrected chi connectivity index (χ4v) is 1.29. The quantitative estimate of drug-likeness (QED) is 0.452. The van der Waals surface area contributed by atoms with Gasteiger partial charge in [0.05, 0.1) is 6.61 Å². The van der Waals surface area contributed by atoms with Gasteiger partial charge in [-0.2, -0.15) is 0 Å². The van der Waals surface area contributed by atoms with Crippen molar-refractivity contribution in [3.05, 3.63) is 0 Å².